The van der Waals surface area contributed by atoms with Gasteiger partial charge in [0, 0.05) is 0 Å². The molecule has 30 aliphatic heterocycles. The first-order chi connectivity index (χ1) is 15.5. The van der Waals surface area contributed by atoms with E-state index in [9.17, 15) is 0 Å². The average molecular weight is 546 g/mol. The van der Waals surface area contributed by atoms with E-state index in [1.54, 1.807) is 120 Å². The fourth-order valence-corrected chi connectivity index (χ4v) is 352. The number of hydrogen-bond acceptors (Lipinski definition) is 0. The summed E-state index contributed by atoms with van der Waals surface area (Å²) in [7, 11) is -3.76. The summed E-state index contributed by atoms with van der Waals surface area (Å²) in [4.78, 5) is 30.4. The molecule has 166 valence electrons. The Morgan fingerprint density at radius 1 is 0.364 bits per heavy atom. The summed E-state index contributed by atoms with van der Waals surface area (Å²) in [6, 6.07) is 0. The van der Waals surface area contributed by atoms with Gasteiger partial charge in [0.1, 0.15) is 0 Å². The molecular formula is C30H26Fe2Ti. The molecule has 0 aromatic heterocycles. The molecule has 0 N–H and O–H groups in total. The second kappa shape index (κ2) is 0.635. The van der Waals surface area contributed by atoms with Gasteiger partial charge in [-0.15, -0.1) is 0 Å². The molecule has 30 heterocycles. The first-order valence-electron chi connectivity index (χ1n) is 17.0. The second-order valence-electron chi connectivity index (χ2n) is 32.2. The quantitative estimate of drug-likeness (QED) is 0.303. The van der Waals surface area contributed by atoms with Crippen molar-refractivity contribution in [3.05, 3.63) is 0 Å². The standard InChI is InChI=1S/C15H11.3C5H5.2Fe.Ti/c1-2-7-12(6-1)14-10-5-11-15(14)13-8-3-4-9-13;3*1-2-4-5-3-1;;;/h1-11H;3*1-5H;;;. The van der Waals surface area contributed by atoms with Gasteiger partial charge < -0.3 is 0 Å². The zero-order valence-electron chi connectivity index (χ0n) is 18.2. The van der Waals surface area contributed by atoms with E-state index < -0.39 is 21.9 Å². The normalized spacial score (nSPS) is 181. The van der Waals surface area contributed by atoms with Crippen molar-refractivity contribution >= 4 is 0 Å². The van der Waals surface area contributed by atoms with Crippen molar-refractivity contribution in [2.24, 2.45) is 0 Å². The molecule has 0 aromatic rings. The van der Waals surface area contributed by atoms with Gasteiger partial charge in [0.25, 0.3) is 0 Å². The third-order valence-electron chi connectivity index (χ3n) is 51.0. The summed E-state index contributed by atoms with van der Waals surface area (Å²) in [6.07, 6.45) is 0. The molecule has 30 fully saturated rings. The first-order valence-corrected chi connectivity index (χ1v) is 38.3. The van der Waals surface area contributed by atoms with E-state index in [4.69, 9.17) is 0 Å². The molecule has 0 nitrogen and oxygen atoms in total. The van der Waals surface area contributed by atoms with Crippen LogP contribution in [0.1, 0.15) is 0 Å². The molecule has 3 spiro atoms. The Bertz CT molecular complexity index is 2910. The molecule has 30 saturated heterocycles. The summed E-state index contributed by atoms with van der Waals surface area (Å²) >= 11 is 0. The number of hydrogen-bond donors (Lipinski definition) is 0. The van der Waals surface area contributed by atoms with Crippen molar-refractivity contribution in [2.45, 2.75) is 137 Å². The van der Waals surface area contributed by atoms with Gasteiger partial charge in [0.2, 0.25) is 0 Å². The van der Waals surface area contributed by atoms with Gasteiger partial charge >= 0.3 is 158 Å². The Hall–Kier alpha value is 1.75. The SMILES string of the molecule is [CH]12[CH]3[CH]4[CH]5[CH]1[Ti]23451678[CH]2[CH]1[C]6([C]13[CH]4[CH]5[CH]6[CH]1[Fe]564319%10%11[CH]3[CH]1[CH]9[CH]%10[CH]3%11)[C]7([C]13[CH]4[CH]5[CH]6[CH]1[Fe]5643179%10[CH]3[CH]1[CH]7[CH]9[CH]3%10)[CH]28. The Balaban J connectivity index is 1.09. The van der Waals surface area contributed by atoms with Crippen LogP contribution in [0.4, 0.5) is 0 Å². The zero-order chi connectivity index (χ0) is 18.0. The minimum atomic E-state index is -3.76. The van der Waals surface area contributed by atoms with Crippen LogP contribution >= 0.6 is 0 Å². The molecule has 12 atom stereocenters. The molecule has 0 saturated carbocycles. The third kappa shape index (κ3) is 0.0752. The summed E-state index contributed by atoms with van der Waals surface area (Å²) in [5.74, 6) is 0. The zero-order valence-corrected chi connectivity index (χ0v) is 22.0. The van der Waals surface area contributed by atoms with E-state index in [0.717, 1.165) is 0 Å². The van der Waals surface area contributed by atoms with Crippen LogP contribution in [-0.4, -0.2) is 0 Å². The fraction of sp³-hybridized carbons (Fsp3) is 1.00. The maximum atomic E-state index is 1.77. The van der Waals surface area contributed by atoms with Crippen LogP contribution in [0.15, 0.2) is 0 Å². The van der Waals surface area contributed by atoms with Crippen LogP contribution in [0.3, 0.4) is 0 Å². The molecular weight excluding hydrogens is 520 g/mol. The molecule has 3 heteroatoms. The van der Waals surface area contributed by atoms with E-state index in [1.807, 2.05) is 0 Å². The summed E-state index contributed by atoms with van der Waals surface area (Å²) < 4.78 is 19.8. The van der Waals surface area contributed by atoms with E-state index in [-0.39, 0.29) is 0 Å². The Kier molecular flexibility index (Phi) is 0.188. The predicted molar refractivity (Wildman–Crippen MR) is 108 cm³/mol. The average Bonchev–Trinajstić information content (AvgIpc) is 3.58. The van der Waals surface area contributed by atoms with Gasteiger partial charge in [-0.25, -0.2) is 0 Å². The van der Waals surface area contributed by atoms with Gasteiger partial charge in [-0.1, -0.05) is 0 Å². The van der Waals surface area contributed by atoms with Gasteiger partial charge in [0.15, 0.2) is 0 Å². The molecule has 30 aliphatic rings. The second-order valence-corrected chi connectivity index (χ2v) is 112. The van der Waals surface area contributed by atoms with Crippen LogP contribution < -0.4 is 0 Å². The molecule has 0 aromatic carbocycles. The van der Waals surface area contributed by atoms with Crippen molar-refractivity contribution in [1.29, 1.82) is 0 Å². The Morgan fingerprint density at radius 2 is 0.667 bits per heavy atom. The molecule has 0 radical (unpaired) electrons. The molecule has 0 aliphatic carbocycles. The number of rotatable bonds is 2. The Morgan fingerprint density at radius 3 is 0.818 bits per heavy atom. The molecule has 0 amide bonds. The molecule has 30 rings (SSSR count). The van der Waals surface area contributed by atoms with Crippen molar-refractivity contribution in [2.75, 3.05) is 0 Å². The van der Waals surface area contributed by atoms with E-state index in [2.05, 4.69) is 0 Å². The van der Waals surface area contributed by atoms with Crippen LogP contribution in [0.2, 0.25) is 137 Å². The fourth-order valence-electron chi connectivity index (χ4n) is 61.6. The van der Waals surface area contributed by atoms with Crippen molar-refractivity contribution in [3.63, 3.8) is 0 Å². The van der Waals surface area contributed by atoms with E-state index >= 15 is 0 Å². The molecule has 0 bridgehead atoms. The summed E-state index contributed by atoms with van der Waals surface area (Å²) in [6.45, 7) is -6.04. The monoisotopic (exact) mass is 546 g/mol. The Labute approximate surface area is 156 Å². The van der Waals surface area contributed by atoms with Gasteiger partial charge in [-0.2, -0.15) is 0 Å². The van der Waals surface area contributed by atoms with E-state index in [1.165, 1.54) is 16.1 Å². The molecule has 12 unspecified atom stereocenters. The summed E-state index contributed by atoms with van der Waals surface area (Å²) in [5, 5.41) is 0. The maximum absolute atomic E-state index is 3.76. The first kappa shape index (κ1) is 9.74. The van der Waals surface area contributed by atoms with Gasteiger partial charge in [-0.3, -0.25) is 0 Å². The van der Waals surface area contributed by atoms with Crippen LogP contribution in [0.25, 0.3) is 0 Å². The number of fused-ring (bicyclic) bond motifs is 32. The third-order valence-corrected chi connectivity index (χ3v) is 198. The van der Waals surface area contributed by atoms with Crippen molar-refractivity contribution in [1.82, 2.24) is 0 Å². The van der Waals surface area contributed by atoms with E-state index in [0.29, 0.717) is 0 Å². The van der Waals surface area contributed by atoms with Crippen LogP contribution in [0.5, 0.6) is 0 Å². The summed E-state index contributed by atoms with van der Waals surface area (Å²) in [5.41, 5.74) is 0. The van der Waals surface area contributed by atoms with Gasteiger partial charge in [-0.05, 0) is 0 Å². The topological polar surface area (TPSA) is 0 Å². The van der Waals surface area contributed by atoms with Crippen LogP contribution in [-0.2, 0) is 21.9 Å². The van der Waals surface area contributed by atoms with Gasteiger partial charge in [0.05, 0.1) is 0 Å². The minimum absolute atomic E-state index is 1.47. The van der Waals surface area contributed by atoms with Crippen molar-refractivity contribution < 1.29 is 21.9 Å². The van der Waals surface area contributed by atoms with Crippen LogP contribution in [0, 0.1) is 0 Å². The predicted octanol–water partition coefficient (Wildman–Crippen LogP) is 9.63. The molecule has 33 heavy (non-hydrogen) atoms. The van der Waals surface area contributed by atoms with Crippen molar-refractivity contribution in [3.8, 4) is 0 Å².